The van der Waals surface area contributed by atoms with Gasteiger partial charge in [0.15, 0.2) is 0 Å². The summed E-state index contributed by atoms with van der Waals surface area (Å²) in [5.41, 5.74) is -0.201. The number of hydrogen-bond acceptors (Lipinski definition) is 2. The molecule has 72 valence electrons. The Morgan fingerprint density at radius 3 is 2.38 bits per heavy atom. The zero-order valence-electron chi connectivity index (χ0n) is 7.97. The molecule has 1 atom stereocenters. The van der Waals surface area contributed by atoms with E-state index in [4.69, 9.17) is 0 Å². The Bertz CT molecular complexity index is 240. The SMILES string of the molecule is O=C1CCC[C@@]2(CCCCC2=O)C1. The maximum absolute atomic E-state index is 11.8. The number of hydrogen-bond donors (Lipinski definition) is 0. The fourth-order valence-corrected chi connectivity index (χ4v) is 2.78. The Hall–Kier alpha value is -0.660. The second-order valence-corrected chi connectivity index (χ2v) is 4.48. The molecule has 0 amide bonds. The molecule has 2 nitrogen and oxygen atoms in total. The smallest absolute Gasteiger partial charge is 0.139 e. The lowest BCUT2D eigenvalue weighted by Gasteiger charge is -2.37. The fraction of sp³-hybridized carbons (Fsp3) is 0.818. The molecule has 2 aliphatic rings. The molecule has 13 heavy (non-hydrogen) atoms. The molecule has 0 bridgehead atoms. The van der Waals surface area contributed by atoms with Crippen LogP contribution in [0.5, 0.6) is 0 Å². The van der Waals surface area contributed by atoms with Crippen LogP contribution >= 0.6 is 0 Å². The van der Waals surface area contributed by atoms with E-state index in [0.717, 1.165) is 32.1 Å². The van der Waals surface area contributed by atoms with Crippen molar-refractivity contribution in [1.29, 1.82) is 0 Å². The van der Waals surface area contributed by atoms with Crippen molar-refractivity contribution in [3.8, 4) is 0 Å². The van der Waals surface area contributed by atoms with Crippen molar-refractivity contribution in [3.63, 3.8) is 0 Å². The standard InChI is InChI=1S/C11H16O2/c12-9-4-3-7-11(8-9)6-2-1-5-10(11)13/h1-8H2/t11-/m0/s1. The van der Waals surface area contributed by atoms with E-state index in [9.17, 15) is 9.59 Å². The van der Waals surface area contributed by atoms with E-state index in [-0.39, 0.29) is 5.41 Å². The topological polar surface area (TPSA) is 34.1 Å². The molecular weight excluding hydrogens is 164 g/mol. The highest BCUT2D eigenvalue weighted by Gasteiger charge is 2.42. The molecule has 2 saturated carbocycles. The number of carbonyl (C=O) groups is 2. The van der Waals surface area contributed by atoms with Crippen molar-refractivity contribution >= 4 is 11.6 Å². The third-order valence-corrected chi connectivity index (χ3v) is 3.55. The Kier molecular flexibility index (Phi) is 2.22. The number of rotatable bonds is 0. The summed E-state index contributed by atoms with van der Waals surface area (Å²) in [5, 5.41) is 0. The normalized spacial score (nSPS) is 35.4. The van der Waals surface area contributed by atoms with Crippen molar-refractivity contribution < 1.29 is 9.59 Å². The molecule has 2 aliphatic carbocycles. The highest BCUT2D eigenvalue weighted by Crippen LogP contribution is 2.43. The van der Waals surface area contributed by atoms with Gasteiger partial charge in [-0.2, -0.15) is 0 Å². The van der Waals surface area contributed by atoms with E-state index in [2.05, 4.69) is 0 Å². The van der Waals surface area contributed by atoms with Crippen molar-refractivity contribution in [2.75, 3.05) is 0 Å². The third kappa shape index (κ3) is 1.54. The second-order valence-electron chi connectivity index (χ2n) is 4.48. The van der Waals surface area contributed by atoms with Gasteiger partial charge in [0.05, 0.1) is 0 Å². The molecule has 0 N–H and O–H groups in total. The van der Waals surface area contributed by atoms with Gasteiger partial charge in [-0.15, -0.1) is 0 Å². The minimum absolute atomic E-state index is 0.201. The van der Waals surface area contributed by atoms with E-state index in [1.165, 1.54) is 0 Å². The van der Waals surface area contributed by atoms with E-state index < -0.39 is 0 Å². The summed E-state index contributed by atoms with van der Waals surface area (Å²) in [4.78, 5) is 23.1. The zero-order valence-corrected chi connectivity index (χ0v) is 7.97. The van der Waals surface area contributed by atoms with Crippen LogP contribution in [0.25, 0.3) is 0 Å². The first-order chi connectivity index (χ1) is 6.23. The fourth-order valence-electron chi connectivity index (χ4n) is 2.78. The quantitative estimate of drug-likeness (QED) is 0.573. The van der Waals surface area contributed by atoms with Crippen LogP contribution < -0.4 is 0 Å². The Morgan fingerprint density at radius 1 is 0.923 bits per heavy atom. The molecule has 2 heteroatoms. The van der Waals surface area contributed by atoms with Crippen LogP contribution in [0.4, 0.5) is 0 Å². The van der Waals surface area contributed by atoms with Crippen molar-refractivity contribution in [2.24, 2.45) is 5.41 Å². The molecular formula is C11H16O2. The molecule has 0 aromatic rings. The van der Waals surface area contributed by atoms with Gasteiger partial charge in [0.2, 0.25) is 0 Å². The number of ketones is 2. The van der Waals surface area contributed by atoms with Crippen molar-refractivity contribution in [3.05, 3.63) is 0 Å². The summed E-state index contributed by atoms with van der Waals surface area (Å²) < 4.78 is 0. The monoisotopic (exact) mass is 180 g/mol. The first kappa shape index (κ1) is 8.92. The van der Waals surface area contributed by atoms with Crippen LogP contribution in [0.2, 0.25) is 0 Å². The highest BCUT2D eigenvalue weighted by molar-refractivity contribution is 5.92. The summed E-state index contributed by atoms with van der Waals surface area (Å²) in [5.74, 6) is 0.674. The summed E-state index contributed by atoms with van der Waals surface area (Å²) in [6, 6.07) is 0. The lowest BCUT2D eigenvalue weighted by Crippen LogP contribution is -2.38. The first-order valence-corrected chi connectivity index (χ1v) is 5.28. The summed E-state index contributed by atoms with van der Waals surface area (Å²) in [7, 11) is 0. The Labute approximate surface area is 78.7 Å². The summed E-state index contributed by atoms with van der Waals surface area (Å²) in [6.45, 7) is 0. The second kappa shape index (κ2) is 3.24. The van der Waals surface area contributed by atoms with E-state index in [0.29, 0.717) is 30.8 Å². The lowest BCUT2D eigenvalue weighted by atomic mass is 9.64. The number of carbonyl (C=O) groups excluding carboxylic acids is 2. The van der Waals surface area contributed by atoms with Gasteiger partial charge in [0.1, 0.15) is 11.6 Å². The van der Waals surface area contributed by atoms with Crippen LogP contribution in [0.3, 0.4) is 0 Å². The molecule has 0 aromatic carbocycles. The Balaban J connectivity index is 2.16. The van der Waals surface area contributed by atoms with Crippen LogP contribution in [-0.4, -0.2) is 11.6 Å². The summed E-state index contributed by atoms with van der Waals surface area (Å²) >= 11 is 0. The van der Waals surface area contributed by atoms with Gasteiger partial charge in [-0.05, 0) is 25.7 Å². The summed E-state index contributed by atoms with van der Waals surface area (Å²) in [6.07, 6.45) is 7.02. The molecule has 0 unspecified atom stereocenters. The maximum atomic E-state index is 11.8. The van der Waals surface area contributed by atoms with Gasteiger partial charge < -0.3 is 0 Å². The van der Waals surface area contributed by atoms with E-state index in [1.54, 1.807) is 0 Å². The molecule has 0 heterocycles. The highest BCUT2D eigenvalue weighted by atomic mass is 16.1. The predicted octanol–water partition coefficient (Wildman–Crippen LogP) is 2.26. The average Bonchev–Trinajstić information content (AvgIpc) is 2.11. The van der Waals surface area contributed by atoms with Gasteiger partial charge >= 0.3 is 0 Å². The third-order valence-electron chi connectivity index (χ3n) is 3.55. The average molecular weight is 180 g/mol. The van der Waals surface area contributed by atoms with E-state index >= 15 is 0 Å². The van der Waals surface area contributed by atoms with Gasteiger partial charge in [0.25, 0.3) is 0 Å². The van der Waals surface area contributed by atoms with Crippen LogP contribution in [0, 0.1) is 5.41 Å². The van der Waals surface area contributed by atoms with Crippen LogP contribution in [-0.2, 0) is 9.59 Å². The predicted molar refractivity (Wildman–Crippen MR) is 49.4 cm³/mol. The van der Waals surface area contributed by atoms with Gasteiger partial charge in [-0.25, -0.2) is 0 Å². The minimum Gasteiger partial charge on any atom is -0.300 e. The molecule has 0 aromatic heterocycles. The van der Waals surface area contributed by atoms with E-state index in [1.807, 2.05) is 0 Å². The molecule has 1 spiro atoms. The molecule has 0 aliphatic heterocycles. The largest absolute Gasteiger partial charge is 0.300 e. The van der Waals surface area contributed by atoms with Gasteiger partial charge in [-0.3, -0.25) is 9.59 Å². The minimum atomic E-state index is -0.201. The lowest BCUT2D eigenvalue weighted by molar-refractivity contribution is -0.139. The number of Topliss-reactive ketones (excluding diaryl/α,β-unsaturated/α-hetero) is 2. The molecule has 2 rings (SSSR count). The molecule has 0 saturated heterocycles. The zero-order chi connectivity index (χ0) is 9.31. The maximum Gasteiger partial charge on any atom is 0.139 e. The molecule has 2 fully saturated rings. The van der Waals surface area contributed by atoms with Gasteiger partial charge in [0, 0.05) is 24.7 Å². The van der Waals surface area contributed by atoms with Crippen molar-refractivity contribution in [2.45, 2.75) is 51.4 Å². The first-order valence-electron chi connectivity index (χ1n) is 5.28. The van der Waals surface area contributed by atoms with Crippen molar-refractivity contribution in [1.82, 2.24) is 0 Å². The Morgan fingerprint density at radius 2 is 1.69 bits per heavy atom. The van der Waals surface area contributed by atoms with Crippen LogP contribution in [0.1, 0.15) is 51.4 Å². The van der Waals surface area contributed by atoms with Gasteiger partial charge in [-0.1, -0.05) is 6.42 Å². The van der Waals surface area contributed by atoms with Crippen LogP contribution in [0.15, 0.2) is 0 Å². The molecule has 0 radical (unpaired) electrons.